The third-order valence-corrected chi connectivity index (χ3v) is 4.52. The van der Waals surface area contributed by atoms with Crippen LogP contribution in [0.3, 0.4) is 0 Å². The number of phenols is 1. The van der Waals surface area contributed by atoms with E-state index >= 15 is 0 Å². The lowest BCUT2D eigenvalue weighted by molar-refractivity contribution is 0.0660. The van der Waals surface area contributed by atoms with Crippen molar-refractivity contribution in [1.29, 1.82) is 0 Å². The van der Waals surface area contributed by atoms with Crippen molar-refractivity contribution < 1.29 is 24.2 Å². The Labute approximate surface area is 170 Å². The van der Waals surface area contributed by atoms with Crippen LogP contribution in [0, 0.1) is 0 Å². The van der Waals surface area contributed by atoms with Crippen molar-refractivity contribution >= 4 is 29.0 Å². The van der Waals surface area contributed by atoms with Crippen LogP contribution in [-0.4, -0.2) is 32.9 Å². The summed E-state index contributed by atoms with van der Waals surface area (Å²) in [6.45, 7) is 0.349. The van der Waals surface area contributed by atoms with Gasteiger partial charge in [-0.1, -0.05) is 18.2 Å². The van der Waals surface area contributed by atoms with E-state index in [2.05, 4.69) is 10.5 Å². The normalized spacial score (nSPS) is 11.2. The van der Waals surface area contributed by atoms with E-state index in [1.807, 2.05) is 35.0 Å². The molecule has 0 unspecified atom stereocenters. The molecule has 0 saturated heterocycles. The molecule has 0 atom stereocenters. The molecule has 0 aliphatic heterocycles. The Morgan fingerprint density at radius 2 is 1.83 bits per heavy atom. The zero-order valence-corrected chi connectivity index (χ0v) is 15.6. The third-order valence-electron chi connectivity index (χ3n) is 4.52. The van der Waals surface area contributed by atoms with Crippen molar-refractivity contribution in [3.63, 3.8) is 0 Å². The molecule has 0 spiro atoms. The van der Waals surface area contributed by atoms with Crippen molar-refractivity contribution in [1.82, 2.24) is 9.99 Å². The van der Waals surface area contributed by atoms with Crippen LogP contribution >= 0.6 is 0 Å². The van der Waals surface area contributed by atoms with Gasteiger partial charge in [0.25, 0.3) is 5.91 Å². The first-order chi connectivity index (χ1) is 14.5. The Morgan fingerprint density at radius 1 is 1.07 bits per heavy atom. The first-order valence-corrected chi connectivity index (χ1v) is 9.03. The summed E-state index contributed by atoms with van der Waals surface area (Å²) in [6.07, 6.45) is 3.39. The average Bonchev–Trinajstić information content (AvgIpc) is 3.34. The van der Waals surface area contributed by atoms with E-state index in [9.17, 15) is 14.7 Å². The number of carboxylic acids is 1. The van der Waals surface area contributed by atoms with Gasteiger partial charge in [0.15, 0.2) is 0 Å². The van der Waals surface area contributed by atoms with Crippen LogP contribution in [0.5, 0.6) is 5.75 Å². The summed E-state index contributed by atoms with van der Waals surface area (Å²) in [5.74, 6) is -1.03. The van der Waals surface area contributed by atoms with Crippen molar-refractivity contribution in [2.24, 2.45) is 5.10 Å². The number of carbonyl (C=O) groups excluding carboxylic acids is 1. The van der Waals surface area contributed by atoms with E-state index in [-0.39, 0.29) is 11.5 Å². The number of aromatic carboxylic acids is 1. The molecule has 150 valence electrons. The second-order valence-corrected chi connectivity index (χ2v) is 6.55. The first-order valence-electron chi connectivity index (χ1n) is 9.03. The standard InChI is InChI=1S/C22H17N3O5/c26-16-7-5-14(6-8-16)21(27)24-23-11-15-12-25(19-4-2-1-3-18(15)19)13-17-9-10-20(30-17)22(28)29/h1-12,26H,13H2,(H,24,27)(H,28,29). The number of carbonyl (C=O) groups is 2. The molecule has 4 aromatic rings. The Bertz CT molecular complexity index is 1250. The second-order valence-electron chi connectivity index (χ2n) is 6.55. The van der Waals surface area contributed by atoms with Crippen molar-refractivity contribution in [2.75, 3.05) is 0 Å². The molecular formula is C22H17N3O5. The number of amides is 1. The predicted molar refractivity (Wildman–Crippen MR) is 110 cm³/mol. The zero-order valence-electron chi connectivity index (χ0n) is 15.6. The molecule has 2 heterocycles. The minimum Gasteiger partial charge on any atom is -0.508 e. The zero-order chi connectivity index (χ0) is 21.1. The molecule has 0 bridgehead atoms. The van der Waals surface area contributed by atoms with Gasteiger partial charge >= 0.3 is 5.97 Å². The van der Waals surface area contributed by atoms with Gasteiger partial charge in [-0.3, -0.25) is 4.79 Å². The molecule has 2 aromatic carbocycles. The SMILES string of the molecule is O=C(NN=Cc1cn(Cc2ccc(C(=O)O)o2)c2ccccc12)c1ccc(O)cc1. The fourth-order valence-electron chi connectivity index (χ4n) is 3.09. The maximum Gasteiger partial charge on any atom is 0.371 e. The number of aromatic nitrogens is 1. The Balaban J connectivity index is 1.55. The number of carboxylic acid groups (broad SMARTS) is 1. The van der Waals surface area contributed by atoms with Crippen molar-refractivity contribution in [3.05, 3.63) is 89.5 Å². The van der Waals surface area contributed by atoms with Crippen LogP contribution in [0.2, 0.25) is 0 Å². The Hall–Kier alpha value is -4.33. The van der Waals surface area contributed by atoms with Gasteiger partial charge in [-0.05, 0) is 42.5 Å². The first kappa shape index (κ1) is 19.0. The summed E-state index contributed by atoms with van der Waals surface area (Å²) in [6, 6.07) is 16.6. The highest BCUT2D eigenvalue weighted by Crippen LogP contribution is 2.22. The van der Waals surface area contributed by atoms with Crippen LogP contribution in [-0.2, 0) is 6.54 Å². The van der Waals surface area contributed by atoms with Gasteiger partial charge in [0.1, 0.15) is 11.5 Å². The van der Waals surface area contributed by atoms with Gasteiger partial charge in [-0.25, -0.2) is 10.2 Å². The summed E-state index contributed by atoms with van der Waals surface area (Å²) in [5.41, 5.74) is 4.53. The number of aromatic hydroxyl groups is 1. The number of hydrogen-bond donors (Lipinski definition) is 3. The van der Waals surface area contributed by atoms with E-state index in [0.29, 0.717) is 17.9 Å². The smallest absolute Gasteiger partial charge is 0.371 e. The molecule has 1 amide bonds. The van der Waals surface area contributed by atoms with Gasteiger partial charge < -0.3 is 19.2 Å². The van der Waals surface area contributed by atoms with Crippen LogP contribution in [0.1, 0.15) is 32.2 Å². The number of fused-ring (bicyclic) bond motifs is 1. The number of furan rings is 1. The number of nitrogens with zero attached hydrogens (tertiary/aromatic N) is 2. The summed E-state index contributed by atoms with van der Waals surface area (Å²) in [7, 11) is 0. The van der Waals surface area contributed by atoms with Crippen LogP contribution in [0.15, 0.2) is 76.4 Å². The monoisotopic (exact) mass is 403 g/mol. The van der Waals surface area contributed by atoms with Crippen molar-refractivity contribution in [3.8, 4) is 5.75 Å². The molecule has 8 heteroatoms. The highest BCUT2D eigenvalue weighted by atomic mass is 16.4. The Kier molecular flexibility index (Phi) is 5.04. The highest BCUT2D eigenvalue weighted by Gasteiger charge is 2.12. The van der Waals surface area contributed by atoms with Gasteiger partial charge in [-0.2, -0.15) is 5.10 Å². The summed E-state index contributed by atoms with van der Waals surface area (Å²) in [4.78, 5) is 23.2. The van der Waals surface area contributed by atoms with E-state index < -0.39 is 11.9 Å². The molecule has 30 heavy (non-hydrogen) atoms. The topological polar surface area (TPSA) is 117 Å². The molecular weight excluding hydrogens is 386 g/mol. The van der Waals surface area contributed by atoms with Gasteiger partial charge in [0, 0.05) is 28.2 Å². The van der Waals surface area contributed by atoms with E-state index in [1.165, 1.54) is 30.3 Å². The lowest BCUT2D eigenvalue weighted by Crippen LogP contribution is -2.17. The largest absolute Gasteiger partial charge is 0.508 e. The fourth-order valence-corrected chi connectivity index (χ4v) is 3.09. The summed E-state index contributed by atoms with van der Waals surface area (Å²) < 4.78 is 7.27. The van der Waals surface area contributed by atoms with Crippen LogP contribution < -0.4 is 5.43 Å². The third kappa shape index (κ3) is 3.93. The van der Waals surface area contributed by atoms with Gasteiger partial charge in [-0.15, -0.1) is 0 Å². The Morgan fingerprint density at radius 3 is 2.57 bits per heavy atom. The molecule has 4 rings (SSSR count). The number of phenolic OH excluding ortho intramolecular Hbond substituents is 1. The highest BCUT2D eigenvalue weighted by molar-refractivity contribution is 6.00. The molecule has 3 N–H and O–H groups in total. The molecule has 0 radical (unpaired) electrons. The second kappa shape index (κ2) is 7.96. The lowest BCUT2D eigenvalue weighted by atomic mass is 10.2. The maximum atomic E-state index is 12.1. The van der Waals surface area contributed by atoms with E-state index in [1.54, 1.807) is 12.3 Å². The molecule has 0 fully saturated rings. The number of para-hydroxylation sites is 1. The average molecular weight is 403 g/mol. The fraction of sp³-hybridized carbons (Fsp3) is 0.0455. The number of benzene rings is 2. The maximum absolute atomic E-state index is 12.1. The molecule has 8 nitrogen and oxygen atoms in total. The lowest BCUT2D eigenvalue weighted by Gasteiger charge is -2.02. The van der Waals surface area contributed by atoms with Crippen LogP contribution in [0.4, 0.5) is 0 Å². The number of rotatable bonds is 6. The quantitative estimate of drug-likeness (QED) is 0.337. The molecule has 0 aliphatic carbocycles. The number of hydrogen-bond acceptors (Lipinski definition) is 5. The molecule has 2 aromatic heterocycles. The summed E-state index contributed by atoms with van der Waals surface area (Å²) >= 11 is 0. The minimum absolute atomic E-state index is 0.0786. The molecule has 0 aliphatic rings. The summed E-state index contributed by atoms with van der Waals surface area (Å²) in [5, 5.41) is 23.3. The van der Waals surface area contributed by atoms with Gasteiger partial charge in [0.05, 0.1) is 12.8 Å². The minimum atomic E-state index is -1.11. The van der Waals surface area contributed by atoms with E-state index in [4.69, 9.17) is 9.52 Å². The number of nitrogens with one attached hydrogen (secondary N) is 1. The molecule has 0 saturated carbocycles. The van der Waals surface area contributed by atoms with Gasteiger partial charge in [0.2, 0.25) is 5.76 Å². The number of hydrazone groups is 1. The van der Waals surface area contributed by atoms with Crippen molar-refractivity contribution in [2.45, 2.75) is 6.54 Å². The van der Waals surface area contributed by atoms with E-state index in [0.717, 1.165) is 16.5 Å². The predicted octanol–water partition coefficient (Wildman–Crippen LogP) is 3.45. The van der Waals surface area contributed by atoms with Crippen LogP contribution in [0.25, 0.3) is 10.9 Å².